The molecule has 0 saturated carbocycles. The minimum atomic E-state index is -1.06. The van der Waals surface area contributed by atoms with E-state index in [2.05, 4.69) is 4.98 Å². The Hall–Kier alpha value is -2.50. The lowest BCUT2D eigenvalue weighted by atomic mass is 9.98. The zero-order valence-electron chi connectivity index (χ0n) is 12.4. The van der Waals surface area contributed by atoms with Crippen molar-refractivity contribution in [1.82, 2.24) is 4.98 Å². The van der Waals surface area contributed by atoms with Gasteiger partial charge in [-0.1, -0.05) is 6.07 Å². The Kier molecular flexibility index (Phi) is 4.23. The molecule has 4 nitrogen and oxygen atoms in total. The molecule has 1 atom stereocenters. The Morgan fingerprint density at radius 2 is 2.00 bits per heavy atom. The molecule has 1 saturated heterocycles. The standard InChI is InChI=1S/C17H16F2N2O2/c18-13-7-12(8-14(19)9-13)6-11-4-5-21(10-11)16-3-1-2-15(20-16)17(22)23/h1-3,7-9,11H,4-6,10H2,(H,22,23). The number of hydrogen-bond acceptors (Lipinski definition) is 3. The van der Waals surface area contributed by atoms with Gasteiger partial charge in [-0.2, -0.15) is 0 Å². The molecule has 2 heterocycles. The number of anilines is 1. The summed E-state index contributed by atoms with van der Waals surface area (Å²) < 4.78 is 26.5. The van der Waals surface area contributed by atoms with Crippen LogP contribution in [-0.4, -0.2) is 29.1 Å². The van der Waals surface area contributed by atoms with Crippen molar-refractivity contribution in [3.8, 4) is 0 Å². The van der Waals surface area contributed by atoms with E-state index in [9.17, 15) is 13.6 Å². The van der Waals surface area contributed by atoms with E-state index in [1.54, 1.807) is 12.1 Å². The molecule has 0 aliphatic carbocycles. The number of pyridine rings is 1. The molecule has 6 heteroatoms. The summed E-state index contributed by atoms with van der Waals surface area (Å²) in [5.41, 5.74) is 0.653. The third kappa shape index (κ3) is 3.64. The number of carbonyl (C=O) groups is 1. The van der Waals surface area contributed by atoms with Crippen LogP contribution >= 0.6 is 0 Å². The second-order valence-electron chi connectivity index (χ2n) is 5.77. The van der Waals surface area contributed by atoms with Gasteiger partial charge in [-0.3, -0.25) is 0 Å². The van der Waals surface area contributed by atoms with Gasteiger partial charge in [-0.15, -0.1) is 0 Å². The van der Waals surface area contributed by atoms with Gasteiger partial charge in [-0.25, -0.2) is 18.6 Å². The number of benzene rings is 1. The SMILES string of the molecule is O=C(O)c1cccc(N2CCC(Cc3cc(F)cc(F)c3)C2)n1. The molecule has 1 N–H and O–H groups in total. The fourth-order valence-corrected chi connectivity index (χ4v) is 2.99. The number of halogens is 2. The van der Waals surface area contributed by atoms with Crippen LogP contribution < -0.4 is 4.90 Å². The number of aromatic carboxylic acids is 1. The summed E-state index contributed by atoms with van der Waals surface area (Å²) in [6.45, 7) is 1.44. The van der Waals surface area contributed by atoms with E-state index in [4.69, 9.17) is 5.11 Å². The molecule has 2 aromatic rings. The molecule has 1 aromatic carbocycles. The first-order chi connectivity index (χ1) is 11.0. The zero-order valence-corrected chi connectivity index (χ0v) is 12.4. The topological polar surface area (TPSA) is 53.4 Å². The van der Waals surface area contributed by atoms with Gasteiger partial charge in [0.1, 0.15) is 17.5 Å². The van der Waals surface area contributed by atoms with Crippen molar-refractivity contribution in [3.63, 3.8) is 0 Å². The molecule has 1 aliphatic heterocycles. The van der Waals surface area contributed by atoms with E-state index >= 15 is 0 Å². The van der Waals surface area contributed by atoms with Gasteiger partial charge in [0.05, 0.1) is 0 Å². The van der Waals surface area contributed by atoms with Gasteiger partial charge in [0.2, 0.25) is 0 Å². The Morgan fingerprint density at radius 3 is 2.70 bits per heavy atom. The molecule has 1 aliphatic rings. The van der Waals surface area contributed by atoms with Crippen LogP contribution in [0.4, 0.5) is 14.6 Å². The minimum Gasteiger partial charge on any atom is -0.477 e. The van der Waals surface area contributed by atoms with Gasteiger partial charge in [0.15, 0.2) is 5.69 Å². The number of aromatic nitrogens is 1. The highest BCUT2D eigenvalue weighted by Gasteiger charge is 2.24. The van der Waals surface area contributed by atoms with Gasteiger partial charge in [-0.05, 0) is 48.6 Å². The lowest BCUT2D eigenvalue weighted by molar-refractivity contribution is 0.0690. The van der Waals surface area contributed by atoms with Crippen LogP contribution in [-0.2, 0) is 6.42 Å². The van der Waals surface area contributed by atoms with Crippen LogP contribution in [0, 0.1) is 17.6 Å². The molecule has 1 unspecified atom stereocenters. The van der Waals surface area contributed by atoms with Crippen LogP contribution in [0.5, 0.6) is 0 Å². The molecule has 23 heavy (non-hydrogen) atoms. The van der Waals surface area contributed by atoms with Crippen molar-refractivity contribution in [2.45, 2.75) is 12.8 Å². The number of carboxylic acids is 1. The summed E-state index contributed by atoms with van der Waals surface area (Å²) in [5.74, 6) is -1.31. The van der Waals surface area contributed by atoms with Gasteiger partial charge >= 0.3 is 5.97 Å². The highest BCUT2D eigenvalue weighted by atomic mass is 19.1. The maximum absolute atomic E-state index is 13.2. The lowest BCUT2D eigenvalue weighted by Crippen LogP contribution is -2.22. The van der Waals surface area contributed by atoms with Gasteiger partial charge in [0.25, 0.3) is 0 Å². The first kappa shape index (κ1) is 15.4. The average molecular weight is 318 g/mol. The highest BCUT2D eigenvalue weighted by molar-refractivity contribution is 5.85. The van der Waals surface area contributed by atoms with Crippen molar-refractivity contribution >= 4 is 11.8 Å². The van der Waals surface area contributed by atoms with E-state index < -0.39 is 17.6 Å². The maximum atomic E-state index is 13.2. The minimum absolute atomic E-state index is 0.0122. The molecule has 1 fully saturated rings. The molecule has 120 valence electrons. The number of carboxylic acid groups (broad SMARTS) is 1. The Balaban J connectivity index is 1.68. The number of hydrogen-bond donors (Lipinski definition) is 1. The van der Waals surface area contributed by atoms with E-state index in [0.29, 0.717) is 24.3 Å². The van der Waals surface area contributed by atoms with Crippen molar-refractivity contribution in [1.29, 1.82) is 0 Å². The van der Waals surface area contributed by atoms with Crippen LogP contribution in [0.25, 0.3) is 0 Å². The monoisotopic (exact) mass is 318 g/mol. The fraction of sp³-hybridized carbons (Fsp3) is 0.294. The molecule has 0 spiro atoms. The van der Waals surface area contributed by atoms with Gasteiger partial charge in [0, 0.05) is 19.2 Å². The fourth-order valence-electron chi connectivity index (χ4n) is 2.99. The van der Waals surface area contributed by atoms with Crippen molar-refractivity contribution in [2.75, 3.05) is 18.0 Å². The van der Waals surface area contributed by atoms with Crippen molar-refractivity contribution in [2.24, 2.45) is 5.92 Å². The van der Waals surface area contributed by atoms with Crippen LogP contribution in [0.2, 0.25) is 0 Å². The maximum Gasteiger partial charge on any atom is 0.354 e. The molecule has 1 aromatic heterocycles. The second-order valence-corrected chi connectivity index (χ2v) is 5.77. The summed E-state index contributed by atoms with van der Waals surface area (Å²) in [6, 6.07) is 8.47. The first-order valence-electron chi connectivity index (χ1n) is 7.41. The van der Waals surface area contributed by atoms with Crippen LogP contribution in [0.1, 0.15) is 22.5 Å². The van der Waals surface area contributed by atoms with Crippen LogP contribution in [0.15, 0.2) is 36.4 Å². The predicted octanol–water partition coefficient (Wildman–Crippen LogP) is 3.13. The van der Waals surface area contributed by atoms with E-state index in [1.165, 1.54) is 18.2 Å². The Labute approximate surface area is 132 Å². The van der Waals surface area contributed by atoms with Crippen molar-refractivity contribution in [3.05, 3.63) is 59.3 Å². The third-order valence-corrected chi connectivity index (χ3v) is 4.01. The van der Waals surface area contributed by atoms with Crippen molar-refractivity contribution < 1.29 is 18.7 Å². The second kappa shape index (κ2) is 6.32. The molecule has 0 amide bonds. The molecule has 0 bridgehead atoms. The quantitative estimate of drug-likeness (QED) is 0.941. The lowest BCUT2D eigenvalue weighted by Gasteiger charge is -2.18. The molecule has 0 radical (unpaired) electrons. The van der Waals surface area contributed by atoms with E-state index in [1.807, 2.05) is 4.90 Å². The van der Waals surface area contributed by atoms with E-state index in [0.717, 1.165) is 19.0 Å². The summed E-state index contributed by atoms with van der Waals surface area (Å²) in [4.78, 5) is 17.1. The highest BCUT2D eigenvalue weighted by Crippen LogP contribution is 2.25. The summed E-state index contributed by atoms with van der Waals surface area (Å²) in [6.07, 6.45) is 1.46. The predicted molar refractivity (Wildman–Crippen MR) is 81.6 cm³/mol. The molecule has 3 rings (SSSR count). The third-order valence-electron chi connectivity index (χ3n) is 4.01. The largest absolute Gasteiger partial charge is 0.477 e. The average Bonchev–Trinajstić information content (AvgIpc) is 2.95. The Morgan fingerprint density at radius 1 is 1.26 bits per heavy atom. The zero-order chi connectivity index (χ0) is 16.4. The number of rotatable bonds is 4. The smallest absolute Gasteiger partial charge is 0.354 e. The normalized spacial score (nSPS) is 17.5. The van der Waals surface area contributed by atoms with E-state index in [-0.39, 0.29) is 11.6 Å². The summed E-state index contributed by atoms with van der Waals surface area (Å²) >= 11 is 0. The Bertz CT molecular complexity index is 716. The first-order valence-corrected chi connectivity index (χ1v) is 7.41. The van der Waals surface area contributed by atoms with Crippen LogP contribution in [0.3, 0.4) is 0 Å². The molecular formula is C17H16F2N2O2. The summed E-state index contributed by atoms with van der Waals surface area (Å²) in [5, 5.41) is 9.00. The molecular weight excluding hydrogens is 302 g/mol. The summed E-state index contributed by atoms with van der Waals surface area (Å²) in [7, 11) is 0. The number of nitrogens with zero attached hydrogens (tertiary/aromatic N) is 2. The van der Waals surface area contributed by atoms with Gasteiger partial charge < -0.3 is 10.0 Å².